The Labute approximate surface area is 299 Å². The lowest BCUT2D eigenvalue weighted by atomic mass is 9.33. The summed E-state index contributed by atoms with van der Waals surface area (Å²) in [4.78, 5) is 4.97. The van der Waals surface area contributed by atoms with Gasteiger partial charge in [-0.3, -0.25) is 0 Å². The quantitative estimate of drug-likeness (QED) is 0.173. The van der Waals surface area contributed by atoms with E-state index < -0.39 is 0 Å². The van der Waals surface area contributed by atoms with Crippen molar-refractivity contribution in [2.45, 2.75) is 85.5 Å². The summed E-state index contributed by atoms with van der Waals surface area (Å²) in [6.45, 7) is 24.2. The maximum Gasteiger partial charge on any atom is 0.252 e. The second kappa shape index (κ2) is 11.2. The van der Waals surface area contributed by atoms with Gasteiger partial charge in [0.05, 0.1) is 5.69 Å². The van der Waals surface area contributed by atoms with Crippen LogP contribution in [0.4, 0.5) is 34.1 Å². The molecule has 3 heterocycles. The largest absolute Gasteiger partial charge is 0.486 e. The lowest BCUT2D eigenvalue weighted by Crippen LogP contribution is -2.61. The van der Waals surface area contributed by atoms with Crippen LogP contribution in [-0.4, -0.2) is 19.9 Å². The fraction of sp³-hybridized carbons (Fsp3) is 0.333. The number of anilines is 6. The SMILES string of the molecule is Cc1cc2c3c(c1)N(c1ccc4c(c1)OCCO4)c1ccc(C(C)(C)C)cc1B3c1cc(C(C)(C)C)ccc1N2c1ccc(C(C)(C)C)cc1. The number of rotatable bonds is 2. The molecule has 0 radical (unpaired) electrons. The number of hydrogen-bond donors (Lipinski definition) is 0. The summed E-state index contributed by atoms with van der Waals surface area (Å²) in [6, 6.07) is 34.8. The standard InChI is InChI=1S/C45H49BN2O2/c1-28-23-38-42-39(24-28)48(33-17-20-40-41(27-33)50-22-21-49-40)37-19-14-31(45(8,9)10)26-35(37)46(42)34-25-30(44(5,6)7)13-18-36(34)47(38)32-15-11-29(12-16-32)43(2,3)4/h11-20,23-27H,21-22H2,1-10H3. The molecular weight excluding hydrogens is 611 g/mol. The van der Waals surface area contributed by atoms with Crippen molar-refractivity contribution in [2.75, 3.05) is 23.0 Å². The van der Waals surface area contributed by atoms with E-state index in [9.17, 15) is 0 Å². The number of benzene rings is 5. The van der Waals surface area contributed by atoms with E-state index in [0.717, 1.165) is 17.2 Å². The van der Waals surface area contributed by atoms with Crippen LogP contribution in [0.15, 0.2) is 91.0 Å². The summed E-state index contributed by atoms with van der Waals surface area (Å²) in [7, 11) is 0. The highest BCUT2D eigenvalue weighted by atomic mass is 16.6. The van der Waals surface area contributed by atoms with Gasteiger partial charge >= 0.3 is 0 Å². The first kappa shape index (κ1) is 32.6. The molecule has 8 rings (SSSR count). The van der Waals surface area contributed by atoms with Crippen molar-refractivity contribution in [3.63, 3.8) is 0 Å². The minimum Gasteiger partial charge on any atom is -0.486 e. The third-order valence-corrected chi connectivity index (χ3v) is 10.7. The van der Waals surface area contributed by atoms with E-state index in [0.29, 0.717) is 13.2 Å². The Balaban J connectivity index is 1.45. The van der Waals surface area contributed by atoms with Gasteiger partial charge in [0.1, 0.15) is 13.2 Å². The number of aryl methyl sites for hydroxylation is 1. The molecule has 0 amide bonds. The molecule has 4 nitrogen and oxygen atoms in total. The van der Waals surface area contributed by atoms with Crippen LogP contribution in [0.5, 0.6) is 11.5 Å². The average molecular weight is 661 g/mol. The fourth-order valence-corrected chi connectivity index (χ4v) is 7.91. The molecule has 5 aromatic rings. The van der Waals surface area contributed by atoms with E-state index >= 15 is 0 Å². The number of fused-ring (bicyclic) bond motifs is 5. The molecule has 50 heavy (non-hydrogen) atoms. The van der Waals surface area contributed by atoms with Crippen LogP contribution in [0, 0.1) is 6.92 Å². The second-order valence-corrected chi connectivity index (χ2v) is 17.5. The van der Waals surface area contributed by atoms with Crippen molar-refractivity contribution < 1.29 is 9.47 Å². The van der Waals surface area contributed by atoms with Gasteiger partial charge in [-0.05, 0) is 110 Å². The van der Waals surface area contributed by atoms with Crippen molar-refractivity contribution >= 4 is 57.2 Å². The van der Waals surface area contributed by atoms with Gasteiger partial charge < -0.3 is 19.3 Å². The van der Waals surface area contributed by atoms with Gasteiger partial charge in [-0.2, -0.15) is 0 Å². The topological polar surface area (TPSA) is 24.9 Å². The Morgan fingerprint density at radius 3 is 1.46 bits per heavy atom. The van der Waals surface area contributed by atoms with Crippen LogP contribution >= 0.6 is 0 Å². The van der Waals surface area contributed by atoms with Crippen LogP contribution in [0.1, 0.15) is 84.6 Å². The molecule has 5 heteroatoms. The molecule has 254 valence electrons. The summed E-state index contributed by atoms with van der Waals surface area (Å²) >= 11 is 0. The van der Waals surface area contributed by atoms with Crippen LogP contribution in [-0.2, 0) is 16.2 Å². The van der Waals surface area contributed by atoms with Crippen LogP contribution in [0.2, 0.25) is 0 Å². The van der Waals surface area contributed by atoms with E-state index in [-0.39, 0.29) is 23.0 Å². The minimum atomic E-state index is -0.00116. The first-order chi connectivity index (χ1) is 23.6. The zero-order valence-electron chi connectivity index (χ0n) is 31.4. The maximum atomic E-state index is 6.14. The number of nitrogens with zero attached hydrogens (tertiary/aromatic N) is 2. The summed E-state index contributed by atoms with van der Waals surface area (Å²) in [6.07, 6.45) is 0. The Bertz CT molecular complexity index is 2150. The number of ether oxygens (including phenoxy) is 2. The van der Waals surface area contributed by atoms with Crippen LogP contribution < -0.4 is 35.7 Å². The normalized spacial score (nSPS) is 15.0. The van der Waals surface area contributed by atoms with Gasteiger partial charge in [-0.1, -0.05) is 98.7 Å². The molecule has 0 saturated heterocycles. The van der Waals surface area contributed by atoms with Gasteiger partial charge in [0.2, 0.25) is 0 Å². The molecule has 0 N–H and O–H groups in total. The van der Waals surface area contributed by atoms with E-state index in [1.807, 2.05) is 0 Å². The number of hydrogen-bond acceptors (Lipinski definition) is 4. The molecule has 0 saturated carbocycles. The monoisotopic (exact) mass is 660 g/mol. The second-order valence-electron chi connectivity index (χ2n) is 17.5. The molecular formula is C45H49BN2O2. The van der Waals surface area contributed by atoms with Crippen molar-refractivity contribution in [1.82, 2.24) is 0 Å². The smallest absolute Gasteiger partial charge is 0.252 e. The zero-order valence-corrected chi connectivity index (χ0v) is 31.4. The molecule has 0 bridgehead atoms. The lowest BCUT2D eigenvalue weighted by Gasteiger charge is -2.45. The summed E-state index contributed by atoms with van der Waals surface area (Å²) in [5.41, 5.74) is 16.5. The third-order valence-electron chi connectivity index (χ3n) is 10.7. The molecule has 0 unspecified atom stereocenters. The lowest BCUT2D eigenvalue weighted by molar-refractivity contribution is 0.171. The van der Waals surface area contributed by atoms with Crippen molar-refractivity contribution in [2.24, 2.45) is 0 Å². The van der Waals surface area contributed by atoms with Crippen molar-refractivity contribution in [3.05, 3.63) is 113 Å². The van der Waals surface area contributed by atoms with Crippen LogP contribution in [0.3, 0.4) is 0 Å². The minimum absolute atomic E-state index is 0.00116. The van der Waals surface area contributed by atoms with Crippen molar-refractivity contribution in [3.8, 4) is 11.5 Å². The molecule has 0 atom stereocenters. The van der Waals surface area contributed by atoms with Gasteiger partial charge in [0.25, 0.3) is 6.71 Å². The molecule has 0 aromatic heterocycles. The summed E-state index contributed by atoms with van der Waals surface area (Å²) in [5, 5.41) is 0. The highest BCUT2D eigenvalue weighted by molar-refractivity contribution is 7.00. The fourth-order valence-electron chi connectivity index (χ4n) is 7.91. The van der Waals surface area contributed by atoms with E-state index in [1.54, 1.807) is 0 Å². The van der Waals surface area contributed by atoms with E-state index in [2.05, 4.69) is 170 Å². The highest BCUT2D eigenvalue weighted by Gasteiger charge is 2.44. The van der Waals surface area contributed by atoms with Gasteiger partial charge in [-0.25, -0.2) is 0 Å². The first-order valence-electron chi connectivity index (χ1n) is 18.1. The highest BCUT2D eigenvalue weighted by Crippen LogP contribution is 2.47. The van der Waals surface area contributed by atoms with Crippen molar-refractivity contribution in [1.29, 1.82) is 0 Å². The Kier molecular flexibility index (Phi) is 7.28. The Morgan fingerprint density at radius 2 is 0.940 bits per heavy atom. The third kappa shape index (κ3) is 5.28. The molecule has 3 aliphatic heterocycles. The van der Waals surface area contributed by atoms with Gasteiger partial charge in [-0.15, -0.1) is 0 Å². The Morgan fingerprint density at radius 1 is 0.480 bits per heavy atom. The van der Waals surface area contributed by atoms with Crippen LogP contribution in [0.25, 0.3) is 0 Å². The van der Waals surface area contributed by atoms with E-state index in [4.69, 9.17) is 9.47 Å². The molecule has 0 aliphatic carbocycles. The zero-order chi connectivity index (χ0) is 35.3. The maximum absolute atomic E-state index is 6.14. The predicted molar refractivity (Wildman–Crippen MR) is 212 cm³/mol. The predicted octanol–water partition coefficient (Wildman–Crippen LogP) is 9.74. The molecule has 3 aliphatic rings. The summed E-state index contributed by atoms with van der Waals surface area (Å²) < 4.78 is 12.1. The van der Waals surface area contributed by atoms with Gasteiger partial charge in [0.15, 0.2) is 11.5 Å². The molecule has 0 spiro atoms. The first-order valence-corrected chi connectivity index (χ1v) is 18.1. The summed E-state index contributed by atoms with van der Waals surface area (Å²) in [5.74, 6) is 1.60. The molecule has 0 fully saturated rings. The Hall–Kier alpha value is -4.64. The van der Waals surface area contributed by atoms with E-state index in [1.165, 1.54) is 67.1 Å². The molecule has 5 aromatic carbocycles. The average Bonchev–Trinajstić information content (AvgIpc) is 3.06. The van der Waals surface area contributed by atoms with Gasteiger partial charge in [0, 0.05) is 34.5 Å².